The van der Waals surface area contributed by atoms with Crippen molar-refractivity contribution in [1.29, 1.82) is 0 Å². The molecule has 0 bridgehead atoms. The lowest BCUT2D eigenvalue weighted by Crippen LogP contribution is -2.19. The second-order valence-electron chi connectivity index (χ2n) is 4.39. The molecule has 0 saturated carbocycles. The van der Waals surface area contributed by atoms with Crippen LogP contribution in [0.4, 0.5) is 0 Å². The Labute approximate surface area is 99.8 Å². The van der Waals surface area contributed by atoms with Crippen LogP contribution in [0.25, 0.3) is 0 Å². The summed E-state index contributed by atoms with van der Waals surface area (Å²) in [4.78, 5) is 0. The molecule has 0 aromatic heterocycles. The van der Waals surface area contributed by atoms with Crippen molar-refractivity contribution in [2.75, 3.05) is 19.8 Å². The SMILES string of the molecule is CCCCCCCCCCOC[C@@H](O)CO. The summed E-state index contributed by atoms with van der Waals surface area (Å²) in [5.41, 5.74) is 0. The molecule has 16 heavy (non-hydrogen) atoms. The summed E-state index contributed by atoms with van der Waals surface area (Å²) in [5.74, 6) is 0. The fourth-order valence-corrected chi connectivity index (χ4v) is 1.61. The van der Waals surface area contributed by atoms with Crippen LogP contribution in [0.15, 0.2) is 0 Å². The van der Waals surface area contributed by atoms with Crippen LogP contribution < -0.4 is 0 Å². The Morgan fingerprint density at radius 3 is 2.06 bits per heavy atom. The maximum absolute atomic E-state index is 9.01. The summed E-state index contributed by atoms with van der Waals surface area (Å²) in [6.45, 7) is 2.98. The number of unbranched alkanes of at least 4 members (excludes halogenated alkanes) is 7. The number of aliphatic hydroxyl groups is 2. The van der Waals surface area contributed by atoms with Gasteiger partial charge in [-0.25, -0.2) is 0 Å². The van der Waals surface area contributed by atoms with Crippen LogP contribution in [0.2, 0.25) is 0 Å². The van der Waals surface area contributed by atoms with E-state index in [-0.39, 0.29) is 13.2 Å². The Balaban J connectivity index is 2.93. The van der Waals surface area contributed by atoms with Crippen LogP contribution >= 0.6 is 0 Å². The second kappa shape index (κ2) is 12.9. The zero-order valence-electron chi connectivity index (χ0n) is 10.7. The van der Waals surface area contributed by atoms with Crippen LogP contribution in [-0.2, 0) is 4.74 Å². The molecule has 3 nitrogen and oxygen atoms in total. The van der Waals surface area contributed by atoms with Crippen molar-refractivity contribution < 1.29 is 14.9 Å². The Hall–Kier alpha value is -0.120. The first kappa shape index (κ1) is 15.9. The molecule has 0 aliphatic carbocycles. The summed E-state index contributed by atoms with van der Waals surface area (Å²) >= 11 is 0. The van der Waals surface area contributed by atoms with Gasteiger partial charge in [0.15, 0.2) is 0 Å². The van der Waals surface area contributed by atoms with Crippen molar-refractivity contribution in [3.05, 3.63) is 0 Å². The molecule has 0 radical (unpaired) electrons. The molecular formula is C13H28O3. The summed E-state index contributed by atoms with van der Waals surface area (Å²) < 4.78 is 5.22. The van der Waals surface area contributed by atoms with Gasteiger partial charge in [-0.05, 0) is 6.42 Å². The van der Waals surface area contributed by atoms with Gasteiger partial charge in [0.2, 0.25) is 0 Å². The molecule has 0 heterocycles. The zero-order chi connectivity index (χ0) is 12.1. The van der Waals surface area contributed by atoms with Gasteiger partial charge in [0, 0.05) is 6.61 Å². The molecule has 0 saturated heterocycles. The van der Waals surface area contributed by atoms with Gasteiger partial charge in [0.1, 0.15) is 6.10 Å². The van der Waals surface area contributed by atoms with Crippen molar-refractivity contribution in [1.82, 2.24) is 0 Å². The van der Waals surface area contributed by atoms with E-state index < -0.39 is 6.10 Å². The van der Waals surface area contributed by atoms with Crippen molar-refractivity contribution in [3.8, 4) is 0 Å². The van der Waals surface area contributed by atoms with E-state index in [1.54, 1.807) is 0 Å². The van der Waals surface area contributed by atoms with E-state index in [0.717, 1.165) is 6.42 Å². The standard InChI is InChI=1S/C13H28O3/c1-2-3-4-5-6-7-8-9-10-16-12-13(15)11-14/h13-15H,2-12H2,1H3/t13-/m0/s1. The third-order valence-corrected chi connectivity index (χ3v) is 2.66. The van der Waals surface area contributed by atoms with Gasteiger partial charge < -0.3 is 14.9 Å². The minimum absolute atomic E-state index is 0.211. The molecule has 3 heteroatoms. The molecule has 98 valence electrons. The predicted octanol–water partition coefficient (Wildman–Crippen LogP) is 2.50. The Bertz CT molecular complexity index is 128. The first-order valence-corrected chi connectivity index (χ1v) is 6.68. The molecule has 0 fully saturated rings. The molecule has 0 unspecified atom stereocenters. The molecule has 0 aliphatic heterocycles. The molecule has 2 N–H and O–H groups in total. The van der Waals surface area contributed by atoms with Gasteiger partial charge in [-0.1, -0.05) is 51.9 Å². The zero-order valence-corrected chi connectivity index (χ0v) is 10.7. The van der Waals surface area contributed by atoms with Crippen LogP contribution in [0.3, 0.4) is 0 Å². The number of rotatable bonds is 12. The van der Waals surface area contributed by atoms with Gasteiger partial charge >= 0.3 is 0 Å². The first-order chi connectivity index (χ1) is 7.81. The van der Waals surface area contributed by atoms with Crippen molar-refractivity contribution >= 4 is 0 Å². The van der Waals surface area contributed by atoms with E-state index in [0.29, 0.717) is 6.61 Å². The summed E-state index contributed by atoms with van der Waals surface area (Å²) in [6, 6.07) is 0. The van der Waals surface area contributed by atoms with Crippen molar-refractivity contribution in [2.45, 2.75) is 64.4 Å². The number of ether oxygens (including phenoxy) is 1. The van der Waals surface area contributed by atoms with Crippen molar-refractivity contribution in [3.63, 3.8) is 0 Å². The minimum Gasteiger partial charge on any atom is -0.394 e. The second-order valence-corrected chi connectivity index (χ2v) is 4.39. The molecule has 1 atom stereocenters. The largest absolute Gasteiger partial charge is 0.394 e. The first-order valence-electron chi connectivity index (χ1n) is 6.68. The molecular weight excluding hydrogens is 204 g/mol. The molecule has 0 aromatic carbocycles. The Morgan fingerprint density at radius 2 is 1.50 bits per heavy atom. The highest BCUT2D eigenvalue weighted by Crippen LogP contribution is 2.08. The summed E-state index contributed by atoms with van der Waals surface area (Å²) in [5, 5.41) is 17.6. The molecule has 0 amide bonds. The maximum Gasteiger partial charge on any atom is 0.100 e. The van der Waals surface area contributed by atoms with Gasteiger partial charge in [-0.2, -0.15) is 0 Å². The van der Waals surface area contributed by atoms with E-state index in [4.69, 9.17) is 14.9 Å². The fourth-order valence-electron chi connectivity index (χ4n) is 1.61. The smallest absolute Gasteiger partial charge is 0.100 e. The lowest BCUT2D eigenvalue weighted by Gasteiger charge is -2.07. The van der Waals surface area contributed by atoms with Crippen LogP contribution in [0.1, 0.15) is 58.3 Å². The van der Waals surface area contributed by atoms with Gasteiger partial charge in [0.25, 0.3) is 0 Å². The summed E-state index contributed by atoms with van der Waals surface area (Å²) in [6.07, 6.45) is 9.58. The number of hydrogen-bond donors (Lipinski definition) is 2. The topological polar surface area (TPSA) is 49.7 Å². The third-order valence-electron chi connectivity index (χ3n) is 2.66. The highest BCUT2D eigenvalue weighted by Gasteiger charge is 2.00. The quantitative estimate of drug-likeness (QED) is 0.508. The minimum atomic E-state index is -0.714. The molecule has 0 spiro atoms. The Morgan fingerprint density at radius 1 is 0.938 bits per heavy atom. The lowest BCUT2D eigenvalue weighted by molar-refractivity contribution is 0.00526. The highest BCUT2D eigenvalue weighted by atomic mass is 16.5. The van der Waals surface area contributed by atoms with Gasteiger partial charge in [0.05, 0.1) is 13.2 Å². The van der Waals surface area contributed by atoms with Crippen LogP contribution in [0.5, 0.6) is 0 Å². The highest BCUT2D eigenvalue weighted by molar-refractivity contribution is 4.49. The Kier molecular flexibility index (Phi) is 12.9. The monoisotopic (exact) mass is 232 g/mol. The fraction of sp³-hybridized carbons (Fsp3) is 1.00. The van der Waals surface area contributed by atoms with E-state index in [2.05, 4.69) is 6.92 Å². The molecule has 0 rings (SSSR count). The van der Waals surface area contributed by atoms with Crippen molar-refractivity contribution in [2.24, 2.45) is 0 Å². The average Bonchev–Trinajstić information content (AvgIpc) is 2.31. The third kappa shape index (κ3) is 12.0. The normalized spacial score (nSPS) is 12.9. The van der Waals surface area contributed by atoms with E-state index >= 15 is 0 Å². The van der Waals surface area contributed by atoms with E-state index in [1.165, 1.54) is 44.9 Å². The number of hydrogen-bond acceptors (Lipinski definition) is 3. The lowest BCUT2D eigenvalue weighted by atomic mass is 10.1. The summed E-state index contributed by atoms with van der Waals surface area (Å²) in [7, 11) is 0. The predicted molar refractivity (Wildman–Crippen MR) is 66.5 cm³/mol. The van der Waals surface area contributed by atoms with Crippen LogP contribution in [0, 0.1) is 0 Å². The van der Waals surface area contributed by atoms with Gasteiger partial charge in [-0.3, -0.25) is 0 Å². The molecule has 0 aromatic rings. The maximum atomic E-state index is 9.01. The van der Waals surface area contributed by atoms with E-state index in [1.807, 2.05) is 0 Å². The average molecular weight is 232 g/mol. The number of aliphatic hydroxyl groups excluding tert-OH is 2. The van der Waals surface area contributed by atoms with Gasteiger partial charge in [-0.15, -0.1) is 0 Å². The van der Waals surface area contributed by atoms with E-state index in [9.17, 15) is 0 Å². The van der Waals surface area contributed by atoms with Crippen LogP contribution in [-0.4, -0.2) is 36.1 Å². The molecule has 0 aliphatic rings.